The Morgan fingerprint density at radius 2 is 1.93 bits per heavy atom. The summed E-state index contributed by atoms with van der Waals surface area (Å²) < 4.78 is 30.2. The second kappa shape index (κ2) is 3.76. The quantitative estimate of drug-likeness (QED) is 0.327. The summed E-state index contributed by atoms with van der Waals surface area (Å²) in [6.07, 6.45) is 5.05. The Morgan fingerprint density at radius 1 is 1.47 bits per heavy atom. The summed E-state index contributed by atoms with van der Waals surface area (Å²) in [4.78, 5) is 10.8. The maximum atomic E-state index is 10.8. The van der Waals surface area contributed by atoms with E-state index in [2.05, 4.69) is 5.32 Å². The number of carbonyl (C=O) groups excluding carboxylic acids is 1. The topological polar surface area (TPSA) is 109 Å². The molecule has 0 spiro atoms. The highest BCUT2D eigenvalue weighted by Gasteiger charge is 2.27. The van der Waals surface area contributed by atoms with Crippen molar-refractivity contribution in [1.82, 2.24) is 5.32 Å². The molecular weight excluding hydrogens is 220 g/mol. The molecule has 0 unspecified atom stereocenters. The Morgan fingerprint density at radius 3 is 2.27 bits per heavy atom. The van der Waals surface area contributed by atoms with E-state index in [4.69, 9.17) is 10.3 Å². The minimum absolute atomic E-state index is 0.336. The van der Waals surface area contributed by atoms with Crippen LogP contribution in [0.5, 0.6) is 0 Å². The molecule has 0 saturated heterocycles. The number of hydrogen-bond donors (Lipinski definition) is 3. The summed E-state index contributed by atoms with van der Waals surface area (Å²) >= 11 is 0. The Labute approximate surface area is 87.6 Å². The number of nitrogens with one attached hydrogen (secondary N) is 1. The molecule has 7 heteroatoms. The molecule has 0 fully saturated rings. The first-order valence-corrected chi connectivity index (χ1v) is 5.66. The van der Waals surface area contributed by atoms with Gasteiger partial charge in [0.1, 0.15) is 10.9 Å². The molecule has 1 aliphatic carbocycles. The summed E-state index contributed by atoms with van der Waals surface area (Å²) in [6, 6.07) is 0. The molecule has 1 rings (SSSR count). The van der Waals surface area contributed by atoms with Gasteiger partial charge in [0.15, 0.2) is 0 Å². The largest absolute Gasteiger partial charge is 0.332 e. The van der Waals surface area contributed by atoms with Gasteiger partial charge in [-0.25, -0.2) is 0 Å². The van der Waals surface area contributed by atoms with E-state index in [1.165, 1.54) is 31.2 Å². The highest BCUT2D eigenvalue weighted by molar-refractivity contribution is 7.86. The maximum absolute atomic E-state index is 10.8. The lowest BCUT2D eigenvalue weighted by Crippen LogP contribution is -2.53. The highest BCUT2D eigenvalue weighted by atomic mass is 32.2. The molecule has 4 N–H and O–H groups in total. The Bertz CT molecular complexity index is 410. The molecule has 0 aliphatic heterocycles. The molecule has 0 heterocycles. The summed E-state index contributed by atoms with van der Waals surface area (Å²) in [6.45, 7) is 1.30. The maximum Gasteiger partial charge on any atom is 0.275 e. The van der Waals surface area contributed by atoms with E-state index < -0.39 is 21.0 Å². The summed E-state index contributed by atoms with van der Waals surface area (Å²) in [5.41, 5.74) is 4.50. The fourth-order valence-electron chi connectivity index (χ4n) is 1.21. The van der Waals surface area contributed by atoms with Crippen LogP contribution in [0.4, 0.5) is 0 Å². The van der Waals surface area contributed by atoms with Gasteiger partial charge in [-0.2, -0.15) is 8.42 Å². The van der Waals surface area contributed by atoms with Crippen LogP contribution in [-0.4, -0.2) is 29.8 Å². The first-order valence-electron chi connectivity index (χ1n) is 4.16. The van der Waals surface area contributed by atoms with Gasteiger partial charge in [0.2, 0.25) is 5.91 Å². The van der Waals surface area contributed by atoms with E-state index in [-0.39, 0.29) is 5.91 Å². The van der Waals surface area contributed by atoms with E-state index in [1.807, 2.05) is 0 Å². The zero-order chi connectivity index (χ0) is 11.7. The van der Waals surface area contributed by atoms with E-state index in [0.717, 1.165) is 0 Å². The van der Waals surface area contributed by atoms with Crippen LogP contribution >= 0.6 is 0 Å². The molecule has 6 nitrogen and oxygen atoms in total. The van der Waals surface area contributed by atoms with Gasteiger partial charge in [0.25, 0.3) is 10.1 Å². The Balaban J connectivity index is 2.84. The Hall–Kier alpha value is -1.18. The summed E-state index contributed by atoms with van der Waals surface area (Å²) in [5.74, 6) is -0.336. The monoisotopic (exact) mass is 232 g/mol. The molecule has 0 saturated carbocycles. The smallest absolute Gasteiger partial charge is 0.275 e. The van der Waals surface area contributed by atoms with Crippen LogP contribution in [0.25, 0.3) is 0 Å². The average molecular weight is 232 g/mol. The molecule has 0 radical (unpaired) electrons. The minimum Gasteiger partial charge on any atom is -0.332 e. The SMILES string of the molecule is CC(=O)NC1(N)C=CC(S(=O)(=O)O)C=C1. The van der Waals surface area contributed by atoms with Gasteiger partial charge in [0, 0.05) is 6.92 Å². The van der Waals surface area contributed by atoms with Crippen molar-refractivity contribution >= 4 is 16.0 Å². The van der Waals surface area contributed by atoms with Gasteiger partial charge in [-0.05, 0) is 12.2 Å². The lowest BCUT2D eigenvalue weighted by molar-refractivity contribution is -0.119. The van der Waals surface area contributed by atoms with Gasteiger partial charge < -0.3 is 11.1 Å². The van der Waals surface area contributed by atoms with Crippen molar-refractivity contribution in [3.05, 3.63) is 24.3 Å². The number of amides is 1. The predicted molar refractivity (Wildman–Crippen MR) is 54.4 cm³/mol. The number of hydrogen-bond acceptors (Lipinski definition) is 4. The lowest BCUT2D eigenvalue weighted by atomic mass is 10.0. The van der Waals surface area contributed by atoms with Crippen LogP contribution in [0.2, 0.25) is 0 Å². The molecule has 0 atom stereocenters. The molecule has 1 amide bonds. The molecular formula is C8H12N2O4S. The van der Waals surface area contributed by atoms with E-state index in [9.17, 15) is 13.2 Å². The summed E-state index contributed by atoms with van der Waals surface area (Å²) in [7, 11) is -4.15. The van der Waals surface area contributed by atoms with Crippen molar-refractivity contribution in [2.24, 2.45) is 5.73 Å². The zero-order valence-corrected chi connectivity index (χ0v) is 8.86. The van der Waals surface area contributed by atoms with Gasteiger partial charge >= 0.3 is 0 Å². The van der Waals surface area contributed by atoms with Gasteiger partial charge in [0.05, 0.1) is 0 Å². The first kappa shape index (κ1) is 11.9. The molecule has 0 bridgehead atoms. The molecule has 0 aromatic carbocycles. The van der Waals surface area contributed by atoms with Crippen LogP contribution in [0.3, 0.4) is 0 Å². The van der Waals surface area contributed by atoms with Crippen molar-refractivity contribution in [2.75, 3.05) is 0 Å². The Kier molecular flexibility index (Phi) is 2.98. The second-order valence-electron chi connectivity index (χ2n) is 3.31. The average Bonchev–Trinajstić information content (AvgIpc) is 2.00. The lowest BCUT2D eigenvalue weighted by Gasteiger charge is -2.26. The van der Waals surface area contributed by atoms with Crippen molar-refractivity contribution in [2.45, 2.75) is 17.8 Å². The molecule has 15 heavy (non-hydrogen) atoms. The fourth-order valence-corrected chi connectivity index (χ4v) is 1.77. The van der Waals surface area contributed by atoms with Crippen molar-refractivity contribution < 1.29 is 17.8 Å². The van der Waals surface area contributed by atoms with Crippen LogP contribution in [-0.2, 0) is 14.9 Å². The van der Waals surface area contributed by atoms with Crippen LogP contribution < -0.4 is 11.1 Å². The van der Waals surface area contributed by atoms with Crippen LogP contribution in [0.1, 0.15) is 6.92 Å². The number of nitrogens with two attached hydrogens (primary N) is 1. The van der Waals surface area contributed by atoms with Gasteiger partial charge in [-0.3, -0.25) is 9.35 Å². The normalized spacial score (nSPS) is 30.2. The van der Waals surface area contributed by atoms with Crippen LogP contribution in [0.15, 0.2) is 24.3 Å². The van der Waals surface area contributed by atoms with Gasteiger partial charge in [-0.15, -0.1) is 0 Å². The number of carbonyl (C=O) groups is 1. The minimum atomic E-state index is -4.15. The zero-order valence-electron chi connectivity index (χ0n) is 8.04. The van der Waals surface area contributed by atoms with E-state index >= 15 is 0 Å². The molecule has 0 aromatic heterocycles. The molecule has 1 aliphatic rings. The van der Waals surface area contributed by atoms with Crippen LogP contribution in [0, 0.1) is 0 Å². The van der Waals surface area contributed by atoms with Gasteiger partial charge in [-0.1, -0.05) is 12.2 Å². The molecule has 0 aromatic rings. The van der Waals surface area contributed by atoms with E-state index in [1.54, 1.807) is 0 Å². The third kappa shape index (κ3) is 3.15. The number of rotatable bonds is 2. The summed E-state index contributed by atoms with van der Waals surface area (Å²) in [5, 5.41) is 1.31. The standard InChI is InChI=1S/C8H12N2O4S/c1-6(11)10-8(9)4-2-7(3-5-8)15(12,13)14/h2-5,7H,9H2,1H3,(H,10,11)(H,12,13,14). The third-order valence-corrected chi connectivity index (χ3v) is 2.86. The highest BCUT2D eigenvalue weighted by Crippen LogP contribution is 2.14. The molecule has 84 valence electrons. The first-order chi connectivity index (χ1) is 6.73. The fraction of sp³-hybridized carbons (Fsp3) is 0.375. The van der Waals surface area contributed by atoms with E-state index in [0.29, 0.717) is 0 Å². The van der Waals surface area contributed by atoms with Crippen molar-refractivity contribution in [3.63, 3.8) is 0 Å². The van der Waals surface area contributed by atoms with Crippen molar-refractivity contribution in [3.8, 4) is 0 Å². The second-order valence-corrected chi connectivity index (χ2v) is 4.89. The van der Waals surface area contributed by atoms with Crippen molar-refractivity contribution in [1.29, 1.82) is 0 Å². The predicted octanol–water partition coefficient (Wildman–Crippen LogP) is -0.840. The third-order valence-electron chi connectivity index (χ3n) is 1.86.